The van der Waals surface area contributed by atoms with Crippen molar-refractivity contribution in [1.82, 2.24) is 5.43 Å². The molecule has 2 heterocycles. The molecule has 10 nitrogen and oxygen atoms in total. The summed E-state index contributed by atoms with van der Waals surface area (Å²) < 4.78 is 5.29. The summed E-state index contributed by atoms with van der Waals surface area (Å²) >= 11 is 0. The minimum atomic E-state index is -1.50. The van der Waals surface area contributed by atoms with Crippen molar-refractivity contribution < 1.29 is 24.0 Å². The number of nitro benzene ring substituents is 1. The molecule has 152 valence electrons. The molecule has 1 unspecified atom stereocenters. The van der Waals surface area contributed by atoms with Crippen LogP contribution >= 0.6 is 0 Å². The summed E-state index contributed by atoms with van der Waals surface area (Å²) in [7, 11) is 0. The average molecular weight is 408 g/mol. The summed E-state index contributed by atoms with van der Waals surface area (Å²) in [5.74, 6) is -2.05. The fourth-order valence-electron chi connectivity index (χ4n) is 3.55. The SMILES string of the molecule is O=C(OCc1ccccc1)C1=NNCC12CC(=O)N(c1cccc([N+](=O)[O-])c1)C2=O. The number of nitrogens with zero attached hydrogens (tertiary/aromatic N) is 3. The molecule has 1 N–H and O–H groups in total. The highest BCUT2D eigenvalue weighted by molar-refractivity contribution is 6.47. The molecule has 1 saturated heterocycles. The Morgan fingerprint density at radius 1 is 1.20 bits per heavy atom. The lowest BCUT2D eigenvalue weighted by atomic mass is 9.81. The van der Waals surface area contributed by atoms with Crippen molar-refractivity contribution in [2.45, 2.75) is 13.0 Å². The molecule has 0 aromatic heterocycles. The highest BCUT2D eigenvalue weighted by Crippen LogP contribution is 2.40. The van der Waals surface area contributed by atoms with Crippen LogP contribution in [-0.4, -0.2) is 35.0 Å². The lowest BCUT2D eigenvalue weighted by Crippen LogP contribution is -2.45. The molecule has 30 heavy (non-hydrogen) atoms. The average Bonchev–Trinajstić information content (AvgIpc) is 3.28. The lowest BCUT2D eigenvalue weighted by molar-refractivity contribution is -0.384. The molecule has 2 aliphatic heterocycles. The van der Waals surface area contributed by atoms with Crippen LogP contribution in [0.3, 0.4) is 0 Å². The predicted octanol–water partition coefficient (Wildman–Crippen LogP) is 1.55. The Bertz CT molecular complexity index is 1080. The molecule has 10 heteroatoms. The fourth-order valence-corrected chi connectivity index (χ4v) is 3.55. The lowest BCUT2D eigenvalue weighted by Gasteiger charge is -2.21. The van der Waals surface area contributed by atoms with Gasteiger partial charge in [-0.15, -0.1) is 0 Å². The Morgan fingerprint density at radius 2 is 1.97 bits per heavy atom. The second kappa shape index (κ2) is 7.39. The molecule has 0 saturated carbocycles. The number of imide groups is 1. The van der Waals surface area contributed by atoms with Crippen molar-refractivity contribution in [2.24, 2.45) is 10.5 Å². The first kappa shape index (κ1) is 19.2. The van der Waals surface area contributed by atoms with Crippen molar-refractivity contribution in [3.05, 3.63) is 70.3 Å². The van der Waals surface area contributed by atoms with Crippen LogP contribution in [0, 0.1) is 15.5 Å². The second-order valence-corrected chi connectivity index (χ2v) is 6.93. The highest BCUT2D eigenvalue weighted by Gasteiger charge is 2.60. The van der Waals surface area contributed by atoms with Gasteiger partial charge in [0.25, 0.3) is 5.69 Å². The molecule has 2 aromatic carbocycles. The molecular formula is C20H16N4O6. The minimum absolute atomic E-state index is 0.00843. The number of amides is 2. The van der Waals surface area contributed by atoms with Crippen LogP contribution in [-0.2, 0) is 25.7 Å². The van der Waals surface area contributed by atoms with Gasteiger partial charge in [0.1, 0.15) is 12.0 Å². The summed E-state index contributed by atoms with van der Waals surface area (Å²) in [6, 6.07) is 14.2. The maximum absolute atomic E-state index is 13.2. The van der Waals surface area contributed by atoms with Gasteiger partial charge < -0.3 is 10.2 Å². The molecule has 0 radical (unpaired) electrons. The zero-order chi connectivity index (χ0) is 21.3. The molecule has 2 aromatic rings. The van der Waals surface area contributed by atoms with Crippen LogP contribution in [0.2, 0.25) is 0 Å². The van der Waals surface area contributed by atoms with Crippen LogP contribution in [0.4, 0.5) is 11.4 Å². The first-order chi connectivity index (χ1) is 14.4. The van der Waals surface area contributed by atoms with Gasteiger partial charge in [-0.3, -0.25) is 19.7 Å². The number of carbonyl (C=O) groups is 3. The number of carbonyl (C=O) groups excluding carboxylic acids is 3. The Labute approximate surface area is 170 Å². The van der Waals surface area contributed by atoms with Gasteiger partial charge in [-0.2, -0.15) is 5.10 Å². The van der Waals surface area contributed by atoms with Crippen molar-refractivity contribution >= 4 is 34.9 Å². The van der Waals surface area contributed by atoms with Gasteiger partial charge in [-0.25, -0.2) is 9.69 Å². The van der Waals surface area contributed by atoms with Gasteiger partial charge in [-0.1, -0.05) is 36.4 Å². The number of rotatable bonds is 5. The van der Waals surface area contributed by atoms with Gasteiger partial charge in [-0.05, 0) is 11.6 Å². The van der Waals surface area contributed by atoms with Crippen LogP contribution < -0.4 is 10.3 Å². The van der Waals surface area contributed by atoms with E-state index >= 15 is 0 Å². The Balaban J connectivity index is 1.58. The monoisotopic (exact) mass is 408 g/mol. The van der Waals surface area contributed by atoms with Crippen molar-refractivity contribution in [1.29, 1.82) is 0 Å². The van der Waals surface area contributed by atoms with Gasteiger partial charge in [0.15, 0.2) is 5.71 Å². The molecule has 2 aliphatic rings. The molecule has 0 aliphatic carbocycles. The number of nitro groups is 1. The first-order valence-corrected chi connectivity index (χ1v) is 9.06. The van der Waals surface area contributed by atoms with Crippen LogP contribution in [0.1, 0.15) is 12.0 Å². The molecule has 2 amide bonds. The molecule has 0 bridgehead atoms. The van der Waals surface area contributed by atoms with Crippen LogP contribution in [0.25, 0.3) is 0 Å². The number of benzene rings is 2. The third-order valence-electron chi connectivity index (χ3n) is 5.04. The molecule has 1 spiro atoms. The van der Waals surface area contributed by atoms with Crippen molar-refractivity contribution in [3.8, 4) is 0 Å². The van der Waals surface area contributed by atoms with E-state index < -0.39 is 28.1 Å². The molecule has 1 atom stereocenters. The summed E-state index contributed by atoms with van der Waals surface area (Å²) in [5, 5.41) is 15.0. The zero-order valence-electron chi connectivity index (χ0n) is 15.6. The van der Waals surface area contributed by atoms with Crippen LogP contribution in [0.15, 0.2) is 59.7 Å². The number of hydrogen-bond acceptors (Lipinski definition) is 8. The largest absolute Gasteiger partial charge is 0.456 e. The summed E-state index contributed by atoms with van der Waals surface area (Å²) in [6.07, 6.45) is -0.291. The van der Waals surface area contributed by atoms with E-state index in [0.717, 1.165) is 16.5 Å². The minimum Gasteiger partial charge on any atom is -0.456 e. The molecule has 1 fully saturated rings. The van der Waals surface area contributed by atoms with Crippen LogP contribution in [0.5, 0.6) is 0 Å². The maximum atomic E-state index is 13.2. The number of nitrogens with one attached hydrogen (secondary N) is 1. The Morgan fingerprint density at radius 3 is 2.70 bits per heavy atom. The van der Waals surface area contributed by atoms with Gasteiger partial charge in [0, 0.05) is 18.6 Å². The Hall–Kier alpha value is -4.08. The van der Waals surface area contributed by atoms with E-state index in [4.69, 9.17) is 4.74 Å². The Kier molecular flexibility index (Phi) is 4.74. The quantitative estimate of drug-likeness (QED) is 0.344. The maximum Gasteiger partial charge on any atom is 0.356 e. The smallest absolute Gasteiger partial charge is 0.356 e. The zero-order valence-corrected chi connectivity index (χ0v) is 15.6. The number of ether oxygens (including phenoxy) is 1. The fraction of sp³-hybridized carbons (Fsp3) is 0.200. The van der Waals surface area contributed by atoms with Gasteiger partial charge in [0.2, 0.25) is 11.8 Å². The highest BCUT2D eigenvalue weighted by atomic mass is 16.6. The second-order valence-electron chi connectivity index (χ2n) is 6.93. The van der Waals surface area contributed by atoms with Gasteiger partial charge in [0.05, 0.1) is 17.2 Å². The van der Waals surface area contributed by atoms with Crippen molar-refractivity contribution in [2.75, 3.05) is 11.4 Å². The number of esters is 1. The van der Waals surface area contributed by atoms with Gasteiger partial charge >= 0.3 is 5.97 Å². The summed E-state index contributed by atoms with van der Waals surface area (Å²) in [6.45, 7) is -0.0513. The molecule has 4 rings (SSSR count). The first-order valence-electron chi connectivity index (χ1n) is 9.06. The molecular weight excluding hydrogens is 392 g/mol. The number of non-ortho nitro benzene ring substituents is 1. The van der Waals surface area contributed by atoms with E-state index in [1.54, 1.807) is 24.3 Å². The number of hydrogen-bond donors (Lipinski definition) is 1. The summed E-state index contributed by atoms with van der Waals surface area (Å²) in [4.78, 5) is 49.8. The van der Waals surface area contributed by atoms with E-state index in [1.807, 2.05) is 6.07 Å². The number of hydrazone groups is 1. The third-order valence-corrected chi connectivity index (χ3v) is 5.04. The van der Waals surface area contributed by atoms with E-state index in [2.05, 4.69) is 10.5 Å². The van der Waals surface area contributed by atoms with E-state index in [-0.39, 0.29) is 36.7 Å². The van der Waals surface area contributed by atoms with E-state index in [9.17, 15) is 24.5 Å². The van der Waals surface area contributed by atoms with E-state index in [0.29, 0.717) is 0 Å². The van der Waals surface area contributed by atoms with E-state index in [1.165, 1.54) is 18.2 Å². The summed E-state index contributed by atoms with van der Waals surface area (Å²) in [5.41, 5.74) is 1.51. The predicted molar refractivity (Wildman–Crippen MR) is 104 cm³/mol. The third kappa shape index (κ3) is 3.17. The van der Waals surface area contributed by atoms with Crippen molar-refractivity contribution in [3.63, 3.8) is 0 Å². The topological polar surface area (TPSA) is 131 Å². The normalized spacial score (nSPS) is 20.3. The standard InChI is InChI=1S/C20H16N4O6/c25-16-10-20(19(27)23(16)14-7-4-8-15(9-14)24(28)29)12-21-22-17(20)18(26)30-11-13-5-2-1-3-6-13/h1-9,21H,10-12H2. The number of anilines is 1.